The summed E-state index contributed by atoms with van der Waals surface area (Å²) in [7, 11) is 1.71. The number of hydrogen-bond donors (Lipinski definition) is 1. The number of benzene rings is 1. The number of fused-ring (bicyclic) bond motifs is 2. The highest BCUT2D eigenvalue weighted by atomic mass is 16.6. The summed E-state index contributed by atoms with van der Waals surface area (Å²) in [5, 5.41) is 9.62. The quantitative estimate of drug-likeness (QED) is 0.382. The van der Waals surface area contributed by atoms with Crippen molar-refractivity contribution in [3.8, 4) is 0 Å². The topological polar surface area (TPSA) is 117 Å². The smallest absolute Gasteiger partial charge is 0.313 e. The minimum absolute atomic E-state index is 0.0757. The first-order valence-corrected chi connectivity index (χ1v) is 15.5. The molecule has 4 aliphatic heterocycles. The molecule has 2 fully saturated rings. The maximum Gasteiger partial charge on any atom is 0.313 e. The van der Waals surface area contributed by atoms with E-state index < -0.39 is 47.7 Å². The molecule has 0 saturated carbocycles. The van der Waals surface area contributed by atoms with Crippen LogP contribution in [0.2, 0.25) is 0 Å². The lowest BCUT2D eigenvalue weighted by Crippen LogP contribution is -2.55. The molecule has 7 atom stereocenters. The molecule has 0 aromatic heterocycles. The predicted octanol–water partition coefficient (Wildman–Crippen LogP) is 2.63. The highest BCUT2D eigenvalue weighted by Crippen LogP contribution is 2.53. The van der Waals surface area contributed by atoms with Gasteiger partial charge in [0.15, 0.2) is 0 Å². The Hall–Kier alpha value is -3.50. The third-order valence-corrected chi connectivity index (χ3v) is 9.35. The maximum absolute atomic E-state index is 14.3. The lowest BCUT2D eigenvalue weighted by molar-refractivity contribution is -0.164. The van der Waals surface area contributed by atoms with Gasteiger partial charge in [-0.05, 0) is 31.7 Å². The Morgan fingerprint density at radius 1 is 1.02 bits per heavy atom. The van der Waals surface area contributed by atoms with Crippen molar-refractivity contribution in [3.05, 3.63) is 60.2 Å². The van der Waals surface area contributed by atoms with Gasteiger partial charge in [0.25, 0.3) is 0 Å². The zero-order chi connectivity index (χ0) is 30.7. The molecule has 3 amide bonds. The van der Waals surface area contributed by atoms with Crippen LogP contribution in [0.3, 0.4) is 0 Å². The van der Waals surface area contributed by atoms with E-state index in [0.29, 0.717) is 25.9 Å². The molecular formula is C33H43N3O7. The molecule has 1 aromatic rings. The molecule has 43 heavy (non-hydrogen) atoms. The van der Waals surface area contributed by atoms with Crippen molar-refractivity contribution in [3.63, 3.8) is 0 Å². The predicted molar refractivity (Wildman–Crippen MR) is 158 cm³/mol. The molecule has 10 nitrogen and oxygen atoms in total. The lowest BCUT2D eigenvalue weighted by atomic mass is 9.77. The van der Waals surface area contributed by atoms with E-state index in [1.54, 1.807) is 22.9 Å². The van der Waals surface area contributed by atoms with Crippen LogP contribution in [0.1, 0.15) is 57.6 Å². The highest BCUT2D eigenvalue weighted by Gasteiger charge is 2.71. The first-order chi connectivity index (χ1) is 20.7. The van der Waals surface area contributed by atoms with E-state index in [2.05, 4.69) is 6.92 Å². The number of amides is 3. The molecule has 0 radical (unpaired) electrons. The number of cyclic esters (lactones) is 1. The van der Waals surface area contributed by atoms with Crippen molar-refractivity contribution in [2.45, 2.75) is 75.8 Å². The normalized spacial score (nSPS) is 33.7. The summed E-state index contributed by atoms with van der Waals surface area (Å²) in [5.41, 5.74) is -0.638. The molecule has 1 N–H and O–H groups in total. The van der Waals surface area contributed by atoms with E-state index in [1.165, 1.54) is 4.90 Å². The van der Waals surface area contributed by atoms with Gasteiger partial charge >= 0.3 is 5.97 Å². The number of allylic oxidation sites excluding steroid dienone is 1. The highest BCUT2D eigenvalue weighted by molar-refractivity contribution is 5.99. The molecule has 4 aliphatic rings. The number of unbranched alkanes of at least 4 members (excludes halogenated alkanes) is 1. The fraction of sp³-hybridized carbons (Fsp3) is 0.576. The van der Waals surface area contributed by atoms with Crippen molar-refractivity contribution in [2.24, 2.45) is 11.8 Å². The second-order valence-electron chi connectivity index (χ2n) is 12.0. The lowest BCUT2D eigenvalue weighted by Gasteiger charge is -2.35. The Bertz CT molecular complexity index is 1270. The molecule has 4 heterocycles. The number of likely N-dealkylation sites (N-methyl/N-ethyl adjacent to an activating group) is 1. The molecule has 1 aromatic carbocycles. The second-order valence-corrected chi connectivity index (χ2v) is 12.0. The molecule has 0 aliphatic carbocycles. The van der Waals surface area contributed by atoms with E-state index in [-0.39, 0.29) is 37.3 Å². The number of aliphatic hydroxyl groups is 1. The van der Waals surface area contributed by atoms with Crippen LogP contribution in [0.15, 0.2) is 54.6 Å². The van der Waals surface area contributed by atoms with Crippen molar-refractivity contribution in [1.82, 2.24) is 14.7 Å². The fourth-order valence-electron chi connectivity index (χ4n) is 6.97. The van der Waals surface area contributed by atoms with Gasteiger partial charge in [0.1, 0.15) is 23.7 Å². The molecule has 232 valence electrons. The first-order valence-electron chi connectivity index (χ1n) is 15.5. The van der Waals surface area contributed by atoms with Crippen LogP contribution in [0.5, 0.6) is 0 Å². The second kappa shape index (κ2) is 13.0. The fourth-order valence-corrected chi connectivity index (χ4v) is 6.97. The molecular weight excluding hydrogens is 550 g/mol. The zero-order valence-corrected chi connectivity index (χ0v) is 25.3. The van der Waals surface area contributed by atoms with Crippen LogP contribution < -0.4 is 0 Å². The number of esters is 1. The number of hydrogen-bond acceptors (Lipinski definition) is 7. The van der Waals surface area contributed by atoms with Crippen LogP contribution in [0, 0.1) is 11.8 Å². The summed E-state index contributed by atoms with van der Waals surface area (Å²) >= 11 is 0. The summed E-state index contributed by atoms with van der Waals surface area (Å²) in [6, 6.07) is 7.84. The number of carbonyl (C=O) groups is 4. The third-order valence-electron chi connectivity index (χ3n) is 9.35. The maximum atomic E-state index is 14.3. The van der Waals surface area contributed by atoms with Gasteiger partial charge in [-0.2, -0.15) is 0 Å². The van der Waals surface area contributed by atoms with Gasteiger partial charge in [-0.3, -0.25) is 19.2 Å². The molecule has 10 heteroatoms. The SMILES string of the molecule is CCCCN1CC=C[C@]23O[C@@H]4/C=C\CCC(=O)N(C)[C@H](C)[C@@H](c5ccccc5)OC(=O)[C@@H]4[C@H]2C(=O)N(CCCO)[C@@H]3C1=O. The van der Waals surface area contributed by atoms with Crippen LogP contribution >= 0.6 is 0 Å². The molecule has 5 rings (SSSR count). The number of carbonyl (C=O) groups excluding carboxylic acids is 4. The summed E-state index contributed by atoms with van der Waals surface area (Å²) in [6.45, 7) is 4.86. The number of nitrogens with zero attached hydrogens (tertiary/aromatic N) is 3. The van der Waals surface area contributed by atoms with Gasteiger partial charge in [0.2, 0.25) is 17.7 Å². The van der Waals surface area contributed by atoms with Gasteiger partial charge in [-0.25, -0.2) is 0 Å². The molecule has 2 saturated heterocycles. The number of aliphatic hydroxyl groups excluding tert-OH is 1. The van der Waals surface area contributed by atoms with E-state index >= 15 is 0 Å². The third kappa shape index (κ3) is 5.62. The number of likely N-dealkylation sites (tertiary alicyclic amines) is 1. The van der Waals surface area contributed by atoms with Crippen molar-refractivity contribution < 1.29 is 33.8 Å². The molecule has 0 bridgehead atoms. The largest absolute Gasteiger partial charge is 0.455 e. The van der Waals surface area contributed by atoms with E-state index in [9.17, 15) is 24.3 Å². The Morgan fingerprint density at radius 3 is 2.51 bits per heavy atom. The van der Waals surface area contributed by atoms with E-state index in [1.807, 2.05) is 55.5 Å². The van der Waals surface area contributed by atoms with Crippen molar-refractivity contribution >= 4 is 23.7 Å². The van der Waals surface area contributed by atoms with Crippen LogP contribution in [0.4, 0.5) is 0 Å². The monoisotopic (exact) mass is 593 g/mol. The van der Waals surface area contributed by atoms with Crippen LogP contribution in [0.25, 0.3) is 0 Å². The van der Waals surface area contributed by atoms with E-state index in [4.69, 9.17) is 9.47 Å². The van der Waals surface area contributed by atoms with Gasteiger partial charge in [-0.15, -0.1) is 0 Å². The van der Waals surface area contributed by atoms with Crippen LogP contribution in [-0.4, -0.2) is 101 Å². The Balaban J connectivity index is 1.58. The summed E-state index contributed by atoms with van der Waals surface area (Å²) in [6.07, 6.45) is 8.35. The van der Waals surface area contributed by atoms with E-state index in [0.717, 1.165) is 18.4 Å². The van der Waals surface area contributed by atoms with Gasteiger partial charge in [0, 0.05) is 39.7 Å². The number of ether oxygens (including phenoxy) is 2. The van der Waals surface area contributed by atoms with Crippen LogP contribution in [-0.2, 0) is 28.7 Å². The Labute approximate surface area is 253 Å². The van der Waals surface area contributed by atoms with Crippen molar-refractivity contribution in [2.75, 3.05) is 33.3 Å². The Kier molecular flexibility index (Phi) is 9.36. The molecule has 0 unspecified atom stereocenters. The molecule has 1 spiro atoms. The Morgan fingerprint density at radius 2 is 1.79 bits per heavy atom. The minimum atomic E-state index is -1.37. The minimum Gasteiger partial charge on any atom is -0.455 e. The standard InChI is InChI=1S/C33H43N3O7/c1-4-5-18-35-19-11-17-33-27(30(39)36(20-12-21-37)29(33)31(35)40)26-24(43-33)15-9-10-16-25(38)34(3)22(2)28(42-32(26)41)23-13-7-6-8-14-23/h6-9,11,13-15,17,22,24,26-29,37H,4-5,10,12,16,18-21H2,1-3H3/b15-9-/t22-,24-,26+,27+,28+,29-,33+/m1/s1. The van der Waals surface area contributed by atoms with Gasteiger partial charge in [-0.1, -0.05) is 68.0 Å². The summed E-state index contributed by atoms with van der Waals surface area (Å²) < 4.78 is 13.0. The van der Waals surface area contributed by atoms with Crippen molar-refractivity contribution in [1.29, 1.82) is 0 Å². The summed E-state index contributed by atoms with van der Waals surface area (Å²) in [4.78, 5) is 60.6. The van der Waals surface area contributed by atoms with Gasteiger partial charge < -0.3 is 29.3 Å². The average Bonchev–Trinajstić information content (AvgIpc) is 3.40. The van der Waals surface area contributed by atoms with Gasteiger partial charge in [0.05, 0.1) is 18.1 Å². The zero-order valence-electron chi connectivity index (χ0n) is 25.3. The summed E-state index contributed by atoms with van der Waals surface area (Å²) in [5.74, 6) is -3.25. The first kappa shape index (κ1) is 30.9. The average molecular weight is 594 g/mol. The number of rotatable bonds is 7.